The molecule has 1 saturated heterocycles. The number of benzene rings is 1. The number of rotatable bonds is 4. The lowest BCUT2D eigenvalue weighted by Crippen LogP contribution is -2.46. The first-order chi connectivity index (χ1) is 10.2. The molecule has 0 aliphatic carbocycles. The van der Waals surface area contributed by atoms with E-state index in [-0.39, 0.29) is 24.0 Å². The molecule has 1 N–H and O–H groups in total. The summed E-state index contributed by atoms with van der Waals surface area (Å²) in [5, 5.41) is 8.74. The van der Waals surface area contributed by atoms with Crippen LogP contribution in [0.2, 0.25) is 0 Å². The molecule has 0 radical (unpaired) electrons. The predicted octanol–water partition coefficient (Wildman–Crippen LogP) is 0.261. The van der Waals surface area contributed by atoms with E-state index in [4.69, 9.17) is 5.26 Å². The molecule has 1 aromatic rings. The Kier molecular flexibility index (Phi) is 4.87. The van der Waals surface area contributed by atoms with Crippen molar-refractivity contribution in [1.82, 2.24) is 9.03 Å². The van der Waals surface area contributed by atoms with Crippen molar-refractivity contribution in [3.8, 4) is 6.07 Å². The van der Waals surface area contributed by atoms with E-state index < -0.39 is 20.0 Å². The van der Waals surface area contributed by atoms with Crippen LogP contribution in [0.25, 0.3) is 0 Å². The molecule has 22 heavy (non-hydrogen) atoms. The van der Waals surface area contributed by atoms with Crippen molar-refractivity contribution in [2.24, 2.45) is 0 Å². The summed E-state index contributed by atoms with van der Waals surface area (Å²) in [4.78, 5) is 0.140. The van der Waals surface area contributed by atoms with Gasteiger partial charge in [0.2, 0.25) is 20.0 Å². The Balaban J connectivity index is 2.07. The number of nitriles is 1. The monoisotopic (exact) mass is 343 g/mol. The van der Waals surface area contributed by atoms with E-state index >= 15 is 0 Å². The van der Waals surface area contributed by atoms with Gasteiger partial charge in [-0.15, -0.1) is 0 Å². The minimum Gasteiger partial charge on any atom is -0.213 e. The smallest absolute Gasteiger partial charge is 0.213 e. The van der Waals surface area contributed by atoms with Gasteiger partial charge in [-0.1, -0.05) is 0 Å². The molecule has 1 fully saturated rings. The first-order valence-electron chi connectivity index (χ1n) is 6.70. The van der Waals surface area contributed by atoms with Crippen molar-refractivity contribution in [3.63, 3.8) is 0 Å². The Morgan fingerprint density at radius 3 is 2.14 bits per heavy atom. The number of piperidine rings is 1. The van der Waals surface area contributed by atoms with E-state index in [1.165, 1.54) is 28.6 Å². The zero-order valence-corrected chi connectivity index (χ0v) is 13.7. The molecular formula is C13H17N3O4S2. The van der Waals surface area contributed by atoms with Gasteiger partial charge in [-0.25, -0.2) is 21.6 Å². The third kappa shape index (κ3) is 4.04. The van der Waals surface area contributed by atoms with Crippen molar-refractivity contribution < 1.29 is 16.8 Å². The van der Waals surface area contributed by atoms with Crippen LogP contribution in [0.5, 0.6) is 0 Å². The first-order valence-corrected chi connectivity index (χ1v) is 10.0. The summed E-state index contributed by atoms with van der Waals surface area (Å²) < 4.78 is 51.2. The van der Waals surface area contributed by atoms with Gasteiger partial charge in [-0.2, -0.15) is 9.57 Å². The van der Waals surface area contributed by atoms with Crippen LogP contribution in [0, 0.1) is 11.3 Å². The van der Waals surface area contributed by atoms with Crippen molar-refractivity contribution in [2.45, 2.75) is 23.8 Å². The van der Waals surface area contributed by atoms with Gasteiger partial charge in [0.15, 0.2) is 0 Å². The molecule has 9 heteroatoms. The molecule has 0 atom stereocenters. The maximum atomic E-state index is 12.5. The first kappa shape index (κ1) is 16.9. The van der Waals surface area contributed by atoms with Gasteiger partial charge in [0.05, 0.1) is 22.8 Å². The molecule has 0 unspecified atom stereocenters. The highest BCUT2D eigenvalue weighted by Crippen LogP contribution is 2.21. The molecule has 7 nitrogen and oxygen atoms in total. The van der Waals surface area contributed by atoms with Crippen LogP contribution in [-0.4, -0.2) is 46.5 Å². The fourth-order valence-corrected chi connectivity index (χ4v) is 4.68. The summed E-state index contributed by atoms with van der Waals surface area (Å²) in [6.45, 7) is 0.519. The van der Waals surface area contributed by atoms with Crippen LogP contribution in [-0.2, 0) is 20.0 Å². The van der Waals surface area contributed by atoms with E-state index in [2.05, 4.69) is 4.72 Å². The highest BCUT2D eigenvalue weighted by atomic mass is 32.2. The fourth-order valence-electron chi connectivity index (χ4n) is 2.37. The number of hydrogen-bond donors (Lipinski definition) is 1. The van der Waals surface area contributed by atoms with Gasteiger partial charge in [-0.05, 0) is 37.1 Å². The molecular weight excluding hydrogens is 326 g/mol. The lowest BCUT2D eigenvalue weighted by molar-refractivity contribution is 0.309. The molecule has 0 bridgehead atoms. The number of nitrogens with one attached hydrogen (secondary N) is 1. The average Bonchev–Trinajstić information content (AvgIpc) is 2.46. The molecule has 2 rings (SSSR count). The van der Waals surface area contributed by atoms with E-state index in [0.29, 0.717) is 18.4 Å². The summed E-state index contributed by atoms with van der Waals surface area (Å²) >= 11 is 0. The van der Waals surface area contributed by atoms with E-state index in [0.717, 1.165) is 6.26 Å². The molecule has 0 spiro atoms. The van der Waals surface area contributed by atoms with Gasteiger partial charge in [0, 0.05) is 19.1 Å². The normalized spacial score (nSPS) is 18.0. The molecule has 0 aromatic heterocycles. The summed E-state index contributed by atoms with van der Waals surface area (Å²) in [6, 6.07) is 7.45. The predicted molar refractivity (Wildman–Crippen MR) is 80.9 cm³/mol. The lowest BCUT2D eigenvalue weighted by atomic mass is 10.1. The zero-order chi connectivity index (χ0) is 16.4. The summed E-state index contributed by atoms with van der Waals surface area (Å²) in [5.74, 6) is 0. The highest BCUT2D eigenvalue weighted by Gasteiger charge is 2.30. The molecule has 1 heterocycles. The molecule has 1 aliphatic rings. The molecule has 120 valence electrons. The highest BCUT2D eigenvalue weighted by molar-refractivity contribution is 7.89. The summed E-state index contributed by atoms with van der Waals surface area (Å²) in [6.07, 6.45) is 1.96. The maximum absolute atomic E-state index is 12.5. The largest absolute Gasteiger partial charge is 0.243 e. The van der Waals surface area contributed by atoms with Crippen LogP contribution in [0.3, 0.4) is 0 Å². The van der Waals surface area contributed by atoms with Crippen molar-refractivity contribution in [3.05, 3.63) is 29.8 Å². The summed E-state index contributed by atoms with van der Waals surface area (Å²) in [5.41, 5.74) is 0.398. The Labute approximate surface area is 130 Å². The van der Waals surface area contributed by atoms with Crippen molar-refractivity contribution in [2.75, 3.05) is 19.3 Å². The SMILES string of the molecule is CS(=O)(=O)NC1CCN(S(=O)(=O)c2ccc(C#N)cc2)CC1. The van der Waals surface area contributed by atoms with Crippen LogP contribution in [0.15, 0.2) is 29.2 Å². The Morgan fingerprint density at radius 1 is 1.14 bits per heavy atom. The number of sulfonamides is 2. The minimum atomic E-state index is -3.61. The Hall–Kier alpha value is -1.47. The fraction of sp³-hybridized carbons (Fsp3) is 0.462. The van der Waals surface area contributed by atoms with Gasteiger partial charge < -0.3 is 0 Å². The molecule has 0 amide bonds. The Morgan fingerprint density at radius 2 is 1.68 bits per heavy atom. The topological polar surface area (TPSA) is 107 Å². The lowest BCUT2D eigenvalue weighted by Gasteiger charge is -2.31. The third-order valence-electron chi connectivity index (χ3n) is 3.46. The molecule has 0 saturated carbocycles. The standard InChI is InChI=1S/C13H17N3O4S2/c1-21(17,18)15-12-6-8-16(9-7-12)22(19,20)13-4-2-11(10-14)3-5-13/h2-5,12,15H,6-9H2,1H3. The second kappa shape index (κ2) is 6.34. The minimum absolute atomic E-state index is 0.140. The van der Waals surface area contributed by atoms with Gasteiger partial charge >= 0.3 is 0 Å². The van der Waals surface area contributed by atoms with E-state index in [9.17, 15) is 16.8 Å². The Bertz CT molecular complexity index is 772. The van der Waals surface area contributed by atoms with E-state index in [1.807, 2.05) is 6.07 Å². The van der Waals surface area contributed by atoms with Gasteiger partial charge in [0.25, 0.3) is 0 Å². The van der Waals surface area contributed by atoms with E-state index in [1.54, 1.807) is 0 Å². The van der Waals surface area contributed by atoms with Crippen LogP contribution < -0.4 is 4.72 Å². The van der Waals surface area contributed by atoms with Crippen LogP contribution in [0.4, 0.5) is 0 Å². The van der Waals surface area contributed by atoms with Crippen molar-refractivity contribution >= 4 is 20.0 Å². The number of nitrogens with zero attached hydrogens (tertiary/aromatic N) is 2. The van der Waals surface area contributed by atoms with Gasteiger partial charge in [0.1, 0.15) is 0 Å². The summed E-state index contributed by atoms with van der Waals surface area (Å²) in [7, 11) is -6.89. The third-order valence-corrected chi connectivity index (χ3v) is 6.13. The second-order valence-electron chi connectivity index (χ2n) is 5.20. The molecule has 1 aliphatic heterocycles. The number of hydrogen-bond acceptors (Lipinski definition) is 5. The van der Waals surface area contributed by atoms with Crippen LogP contribution >= 0.6 is 0 Å². The van der Waals surface area contributed by atoms with Crippen LogP contribution in [0.1, 0.15) is 18.4 Å². The molecule has 1 aromatic carbocycles. The second-order valence-corrected chi connectivity index (χ2v) is 8.92. The quantitative estimate of drug-likeness (QED) is 0.844. The van der Waals surface area contributed by atoms with Gasteiger partial charge in [-0.3, -0.25) is 0 Å². The maximum Gasteiger partial charge on any atom is 0.243 e. The van der Waals surface area contributed by atoms with Crippen molar-refractivity contribution in [1.29, 1.82) is 5.26 Å². The average molecular weight is 343 g/mol. The zero-order valence-electron chi connectivity index (χ0n) is 12.1.